The number of rotatable bonds is 5. The molecule has 1 nitrogen and oxygen atoms in total. The lowest BCUT2D eigenvalue weighted by atomic mass is 10.1. The molecule has 58 valence electrons. The maximum atomic E-state index is 10.8. The van der Waals surface area contributed by atoms with Gasteiger partial charge in [-0.05, 0) is 16.6 Å². The first-order valence-electron chi connectivity index (χ1n) is 3.61. The van der Waals surface area contributed by atoms with Gasteiger partial charge in [-0.3, -0.25) is 4.79 Å². The van der Waals surface area contributed by atoms with E-state index in [2.05, 4.69) is 29.5 Å². The molecule has 2 heteroatoms. The van der Waals surface area contributed by atoms with Gasteiger partial charge in [0.05, 0.1) is 0 Å². The normalized spacial score (nSPS) is 10.6. The van der Waals surface area contributed by atoms with Gasteiger partial charge in [-0.15, -0.1) is 0 Å². The zero-order valence-electron chi connectivity index (χ0n) is 6.27. The van der Waals surface area contributed by atoms with E-state index in [1.54, 1.807) is 10.2 Å². The third kappa shape index (κ3) is 6.26. The monoisotopic (exact) mass is 252 g/mol. The summed E-state index contributed by atoms with van der Waals surface area (Å²) in [6, 6.07) is 0. The fourth-order valence-electron chi connectivity index (χ4n) is 0.703. The highest BCUT2D eigenvalue weighted by Crippen LogP contribution is 2.00. The van der Waals surface area contributed by atoms with E-state index in [4.69, 9.17) is 0 Å². The number of hydrogen-bond acceptors (Lipinski definition) is 1. The zero-order chi connectivity index (χ0) is 7.82. The summed E-state index contributed by atoms with van der Waals surface area (Å²) in [6.07, 6.45) is 5.74. The molecule has 0 spiro atoms. The fraction of sp³-hybridized carbons (Fsp3) is 0.625. The number of carbonyl (C=O) groups is 1. The number of unbranched alkanes of at least 4 members (excludes halogenated alkanes) is 2. The van der Waals surface area contributed by atoms with Crippen molar-refractivity contribution in [2.24, 2.45) is 0 Å². The summed E-state index contributed by atoms with van der Waals surface area (Å²) in [7, 11) is 0. The van der Waals surface area contributed by atoms with E-state index >= 15 is 0 Å². The van der Waals surface area contributed by atoms with Crippen LogP contribution in [0.3, 0.4) is 0 Å². The first kappa shape index (κ1) is 10.1. The lowest BCUT2D eigenvalue weighted by Gasteiger charge is -1.92. The average Bonchev–Trinajstić information content (AvgIpc) is 1.89. The number of carbonyl (C=O) groups excluding carboxylic acids is 1. The number of halogens is 1. The minimum Gasteiger partial charge on any atom is -0.295 e. The molecule has 0 saturated carbocycles. The molecule has 0 bridgehead atoms. The van der Waals surface area contributed by atoms with Crippen LogP contribution in [0.25, 0.3) is 0 Å². The van der Waals surface area contributed by atoms with Crippen molar-refractivity contribution in [2.45, 2.75) is 32.6 Å². The van der Waals surface area contributed by atoms with Gasteiger partial charge in [-0.2, -0.15) is 0 Å². The van der Waals surface area contributed by atoms with Crippen LogP contribution >= 0.6 is 22.6 Å². The molecule has 0 rings (SSSR count). The second-order valence-electron chi connectivity index (χ2n) is 2.22. The third-order valence-corrected chi connectivity index (χ3v) is 1.64. The summed E-state index contributed by atoms with van der Waals surface area (Å²) in [5.74, 6) is 0.253. The molecule has 0 heterocycles. The fourth-order valence-corrected chi connectivity index (χ4v) is 1.10. The minimum atomic E-state index is 0.253. The summed E-state index contributed by atoms with van der Waals surface area (Å²) in [5.41, 5.74) is 0. The van der Waals surface area contributed by atoms with Gasteiger partial charge in [-0.1, -0.05) is 42.4 Å². The third-order valence-electron chi connectivity index (χ3n) is 1.28. The maximum absolute atomic E-state index is 10.8. The van der Waals surface area contributed by atoms with Crippen molar-refractivity contribution in [3.8, 4) is 0 Å². The van der Waals surface area contributed by atoms with Crippen molar-refractivity contribution in [1.82, 2.24) is 0 Å². The summed E-state index contributed by atoms with van der Waals surface area (Å²) in [4.78, 5) is 10.8. The van der Waals surface area contributed by atoms with Gasteiger partial charge in [0.1, 0.15) is 0 Å². The van der Waals surface area contributed by atoms with Gasteiger partial charge < -0.3 is 0 Å². The SMILES string of the molecule is CCCCCC(=O)C=CI. The Labute approximate surface area is 76.0 Å². The van der Waals surface area contributed by atoms with Crippen LogP contribution in [0, 0.1) is 0 Å². The van der Waals surface area contributed by atoms with E-state index in [1.165, 1.54) is 12.8 Å². The highest BCUT2D eigenvalue weighted by Gasteiger charge is 1.93. The quantitative estimate of drug-likeness (QED) is 0.417. The van der Waals surface area contributed by atoms with Crippen LogP contribution < -0.4 is 0 Å². The molecule has 0 aromatic rings. The highest BCUT2D eigenvalue weighted by atomic mass is 127. The Balaban J connectivity index is 3.22. The van der Waals surface area contributed by atoms with Crippen LogP contribution in [-0.2, 0) is 4.79 Å². The van der Waals surface area contributed by atoms with Gasteiger partial charge >= 0.3 is 0 Å². The first-order chi connectivity index (χ1) is 4.81. The smallest absolute Gasteiger partial charge is 0.156 e. The number of hydrogen-bond donors (Lipinski definition) is 0. The molecule has 0 unspecified atom stereocenters. The lowest BCUT2D eigenvalue weighted by molar-refractivity contribution is -0.114. The van der Waals surface area contributed by atoms with Crippen molar-refractivity contribution >= 4 is 28.4 Å². The van der Waals surface area contributed by atoms with E-state index in [9.17, 15) is 4.79 Å². The molecule has 0 N–H and O–H groups in total. The Morgan fingerprint density at radius 3 is 2.70 bits per heavy atom. The van der Waals surface area contributed by atoms with Crippen LogP contribution in [0.2, 0.25) is 0 Å². The van der Waals surface area contributed by atoms with E-state index in [1.807, 2.05) is 0 Å². The minimum absolute atomic E-state index is 0.253. The van der Waals surface area contributed by atoms with Crippen LogP contribution in [0.4, 0.5) is 0 Å². The molecule has 0 aromatic carbocycles. The van der Waals surface area contributed by atoms with Crippen molar-refractivity contribution < 1.29 is 4.79 Å². The van der Waals surface area contributed by atoms with Crippen molar-refractivity contribution in [1.29, 1.82) is 0 Å². The molecule has 0 radical (unpaired) electrons. The predicted octanol–water partition coefficient (Wildman–Crippen LogP) is 3.08. The van der Waals surface area contributed by atoms with Crippen LogP contribution in [0.5, 0.6) is 0 Å². The van der Waals surface area contributed by atoms with E-state index in [-0.39, 0.29) is 5.78 Å². The lowest BCUT2D eigenvalue weighted by Crippen LogP contribution is -1.90. The molecule has 0 aliphatic carbocycles. The highest BCUT2D eigenvalue weighted by molar-refractivity contribution is 14.1. The van der Waals surface area contributed by atoms with Crippen LogP contribution in [-0.4, -0.2) is 5.78 Å². The van der Waals surface area contributed by atoms with E-state index in [0.29, 0.717) is 6.42 Å². The zero-order valence-corrected chi connectivity index (χ0v) is 8.43. The Morgan fingerprint density at radius 1 is 1.50 bits per heavy atom. The van der Waals surface area contributed by atoms with Gasteiger partial charge in [0, 0.05) is 6.42 Å². The van der Waals surface area contributed by atoms with Crippen molar-refractivity contribution in [3.63, 3.8) is 0 Å². The van der Waals surface area contributed by atoms with E-state index in [0.717, 1.165) is 6.42 Å². The van der Waals surface area contributed by atoms with Gasteiger partial charge in [-0.25, -0.2) is 0 Å². The summed E-state index contributed by atoms with van der Waals surface area (Å²) in [5, 5.41) is 0. The van der Waals surface area contributed by atoms with Gasteiger partial charge in [0.2, 0.25) is 0 Å². The molecule has 0 aliphatic rings. The van der Waals surface area contributed by atoms with Crippen LogP contribution in [0.1, 0.15) is 32.6 Å². The Bertz CT molecular complexity index is 118. The molecular weight excluding hydrogens is 239 g/mol. The molecule has 0 amide bonds. The van der Waals surface area contributed by atoms with Crippen LogP contribution in [0.15, 0.2) is 10.2 Å². The van der Waals surface area contributed by atoms with Gasteiger partial charge in [0.25, 0.3) is 0 Å². The number of ketones is 1. The van der Waals surface area contributed by atoms with Crippen molar-refractivity contribution in [2.75, 3.05) is 0 Å². The molecule has 0 saturated heterocycles. The topological polar surface area (TPSA) is 17.1 Å². The maximum Gasteiger partial charge on any atom is 0.156 e. The number of allylic oxidation sites excluding steroid dienone is 1. The Morgan fingerprint density at radius 2 is 2.20 bits per heavy atom. The second kappa shape index (κ2) is 7.25. The second-order valence-corrected chi connectivity index (χ2v) is 2.94. The molecule has 0 fully saturated rings. The molecule has 0 aliphatic heterocycles. The molecular formula is C8H13IO. The summed E-state index contributed by atoms with van der Waals surface area (Å²) < 4.78 is 1.77. The molecule has 10 heavy (non-hydrogen) atoms. The first-order valence-corrected chi connectivity index (χ1v) is 4.85. The Hall–Kier alpha value is 0.140. The Kier molecular flexibility index (Phi) is 7.35. The predicted molar refractivity (Wildman–Crippen MR) is 52.3 cm³/mol. The summed E-state index contributed by atoms with van der Waals surface area (Å²) >= 11 is 2.06. The van der Waals surface area contributed by atoms with E-state index < -0.39 is 0 Å². The largest absolute Gasteiger partial charge is 0.295 e. The standard InChI is InChI=1S/C8H13IO/c1-2-3-4-5-8(10)6-7-9/h6-7H,2-5H2,1H3. The molecule has 0 atom stereocenters. The molecule has 0 aromatic heterocycles. The van der Waals surface area contributed by atoms with Gasteiger partial charge in [0.15, 0.2) is 5.78 Å². The summed E-state index contributed by atoms with van der Waals surface area (Å²) in [6.45, 7) is 2.14. The average molecular weight is 252 g/mol. The van der Waals surface area contributed by atoms with Crippen molar-refractivity contribution in [3.05, 3.63) is 10.2 Å².